The quantitative estimate of drug-likeness (QED) is 0.878. The average Bonchev–Trinajstić information content (AvgIpc) is 2.73. The molecule has 2 fully saturated rings. The first-order chi connectivity index (χ1) is 13.7. The van der Waals surface area contributed by atoms with Gasteiger partial charge in [-0.25, -0.2) is 0 Å². The summed E-state index contributed by atoms with van der Waals surface area (Å²) in [5, 5.41) is 0. The number of nitrogens with one attached hydrogen (secondary N) is 1. The number of aromatic amines is 1. The van der Waals surface area contributed by atoms with Crippen molar-refractivity contribution in [2.75, 3.05) is 43.2 Å². The van der Waals surface area contributed by atoms with E-state index in [-0.39, 0.29) is 17.6 Å². The minimum atomic E-state index is -0.0545. The van der Waals surface area contributed by atoms with Crippen LogP contribution in [-0.2, 0) is 4.74 Å². The molecular formula is C22H29N3O3. The Hall–Kier alpha value is -2.47. The average molecular weight is 383 g/mol. The van der Waals surface area contributed by atoms with Crippen LogP contribution in [0.25, 0.3) is 0 Å². The number of pyridine rings is 1. The molecule has 1 aromatic carbocycles. The number of hydrogen-bond donors (Lipinski definition) is 1. The Labute approximate surface area is 166 Å². The lowest BCUT2D eigenvalue weighted by Gasteiger charge is -2.39. The summed E-state index contributed by atoms with van der Waals surface area (Å²) in [6.45, 7) is 5.27. The lowest BCUT2D eigenvalue weighted by atomic mass is 9.95. The molecule has 6 heteroatoms. The number of morpholine rings is 1. The van der Waals surface area contributed by atoms with Crippen molar-refractivity contribution in [3.05, 3.63) is 52.3 Å². The van der Waals surface area contributed by atoms with E-state index in [0.717, 1.165) is 43.2 Å². The number of methoxy groups -OCH3 is 1. The number of rotatable bonds is 4. The summed E-state index contributed by atoms with van der Waals surface area (Å²) in [7, 11) is 1.70. The summed E-state index contributed by atoms with van der Waals surface area (Å²) in [5.74, 6) is 1.76. The topological polar surface area (TPSA) is 57.8 Å². The molecule has 2 saturated heterocycles. The van der Waals surface area contributed by atoms with Crippen molar-refractivity contribution in [2.45, 2.75) is 38.3 Å². The number of ether oxygens (including phenoxy) is 2. The van der Waals surface area contributed by atoms with Crippen molar-refractivity contribution in [3.8, 4) is 5.75 Å². The minimum absolute atomic E-state index is 0.0545. The molecule has 0 saturated carbocycles. The van der Waals surface area contributed by atoms with Gasteiger partial charge in [0.05, 0.1) is 26.4 Å². The van der Waals surface area contributed by atoms with Crippen LogP contribution in [0.3, 0.4) is 0 Å². The first-order valence-corrected chi connectivity index (χ1v) is 10.1. The molecule has 28 heavy (non-hydrogen) atoms. The fraction of sp³-hybridized carbons (Fsp3) is 0.500. The number of benzene rings is 1. The molecule has 0 bridgehead atoms. The van der Waals surface area contributed by atoms with Gasteiger partial charge < -0.3 is 24.3 Å². The Morgan fingerprint density at radius 3 is 2.86 bits per heavy atom. The highest BCUT2D eigenvalue weighted by Gasteiger charge is 2.27. The lowest BCUT2D eigenvalue weighted by Crippen LogP contribution is -2.44. The van der Waals surface area contributed by atoms with Crippen molar-refractivity contribution in [3.63, 3.8) is 0 Å². The molecule has 2 aliphatic rings. The van der Waals surface area contributed by atoms with Gasteiger partial charge in [0, 0.05) is 37.0 Å². The second kappa shape index (κ2) is 8.27. The predicted octanol–water partition coefficient (Wildman–Crippen LogP) is 3.34. The maximum Gasteiger partial charge on any atom is 0.251 e. The van der Waals surface area contributed by atoms with Gasteiger partial charge >= 0.3 is 0 Å². The number of piperidine rings is 1. The van der Waals surface area contributed by atoms with Crippen LogP contribution in [0.1, 0.15) is 37.8 Å². The van der Waals surface area contributed by atoms with Crippen LogP contribution >= 0.6 is 0 Å². The molecule has 1 unspecified atom stereocenters. The predicted molar refractivity (Wildman–Crippen MR) is 112 cm³/mol. The second-order valence-electron chi connectivity index (χ2n) is 7.69. The fourth-order valence-corrected chi connectivity index (χ4v) is 4.36. The Morgan fingerprint density at radius 1 is 1.14 bits per heavy atom. The van der Waals surface area contributed by atoms with Gasteiger partial charge in [-0.05, 0) is 43.9 Å². The lowest BCUT2D eigenvalue weighted by molar-refractivity contribution is 0.0989. The van der Waals surface area contributed by atoms with Gasteiger partial charge in [-0.2, -0.15) is 0 Å². The minimum Gasteiger partial charge on any atom is -0.497 e. The summed E-state index contributed by atoms with van der Waals surface area (Å²) in [5.41, 5.74) is 2.15. The fourth-order valence-electron chi connectivity index (χ4n) is 4.36. The number of aromatic nitrogens is 1. The molecule has 0 spiro atoms. The molecule has 0 radical (unpaired) electrons. The summed E-state index contributed by atoms with van der Waals surface area (Å²) >= 11 is 0. The van der Waals surface area contributed by atoms with E-state index < -0.39 is 0 Å². The molecule has 2 aliphatic heterocycles. The zero-order valence-corrected chi connectivity index (χ0v) is 16.7. The SMILES string of the molecule is COc1cccc(C2CCCCN2c2cc(N3CCOC[C@H]3C)cc(=O)[nH]2)c1. The summed E-state index contributed by atoms with van der Waals surface area (Å²) < 4.78 is 11.0. The molecule has 1 N–H and O–H groups in total. The van der Waals surface area contributed by atoms with Crippen molar-refractivity contribution < 1.29 is 9.47 Å². The van der Waals surface area contributed by atoms with E-state index >= 15 is 0 Å². The molecule has 3 heterocycles. The molecule has 2 atom stereocenters. The molecule has 0 aliphatic carbocycles. The first-order valence-electron chi connectivity index (χ1n) is 10.1. The standard InChI is InChI=1S/C22H29N3O3/c1-16-15-28-11-10-24(16)18-13-21(23-22(26)14-18)25-9-4-3-8-20(25)17-6-5-7-19(12-17)27-2/h5-7,12-14,16,20H,3-4,8-11,15H2,1-2H3,(H,23,26)/t16-,20?/m1/s1. The molecule has 2 aromatic rings. The maximum atomic E-state index is 12.5. The number of hydrogen-bond acceptors (Lipinski definition) is 5. The van der Waals surface area contributed by atoms with Crippen molar-refractivity contribution in [1.29, 1.82) is 0 Å². The van der Waals surface area contributed by atoms with Crippen molar-refractivity contribution in [1.82, 2.24) is 4.98 Å². The van der Waals surface area contributed by atoms with E-state index in [2.05, 4.69) is 39.9 Å². The Kier molecular flexibility index (Phi) is 5.57. The third kappa shape index (κ3) is 3.87. The zero-order chi connectivity index (χ0) is 19.5. The highest BCUT2D eigenvalue weighted by Crippen LogP contribution is 2.36. The highest BCUT2D eigenvalue weighted by atomic mass is 16.5. The van der Waals surface area contributed by atoms with E-state index in [1.807, 2.05) is 12.1 Å². The van der Waals surface area contributed by atoms with E-state index in [1.165, 1.54) is 12.0 Å². The first kappa shape index (κ1) is 18.9. The van der Waals surface area contributed by atoms with Crippen LogP contribution in [0.2, 0.25) is 0 Å². The van der Waals surface area contributed by atoms with Gasteiger partial charge in [0.25, 0.3) is 5.56 Å². The van der Waals surface area contributed by atoms with Crippen LogP contribution in [0, 0.1) is 0 Å². The van der Waals surface area contributed by atoms with Crippen LogP contribution in [0.5, 0.6) is 5.75 Å². The van der Waals surface area contributed by atoms with E-state index in [4.69, 9.17) is 9.47 Å². The van der Waals surface area contributed by atoms with Crippen molar-refractivity contribution in [2.24, 2.45) is 0 Å². The summed E-state index contributed by atoms with van der Waals surface area (Å²) in [6.07, 6.45) is 3.37. The highest BCUT2D eigenvalue weighted by molar-refractivity contribution is 5.57. The van der Waals surface area contributed by atoms with Crippen molar-refractivity contribution >= 4 is 11.5 Å². The van der Waals surface area contributed by atoms with E-state index in [1.54, 1.807) is 13.2 Å². The van der Waals surface area contributed by atoms with Crippen LogP contribution in [0.15, 0.2) is 41.2 Å². The Morgan fingerprint density at radius 2 is 2.04 bits per heavy atom. The normalized spacial score (nSPS) is 22.9. The van der Waals surface area contributed by atoms with E-state index in [9.17, 15) is 4.79 Å². The molecular weight excluding hydrogens is 354 g/mol. The third-order valence-corrected chi connectivity index (χ3v) is 5.80. The summed E-state index contributed by atoms with van der Waals surface area (Å²) in [6, 6.07) is 12.6. The smallest absolute Gasteiger partial charge is 0.251 e. The van der Waals surface area contributed by atoms with Crippen LogP contribution < -0.4 is 20.1 Å². The number of H-pyrrole nitrogens is 1. The molecule has 4 rings (SSSR count). The largest absolute Gasteiger partial charge is 0.497 e. The second-order valence-corrected chi connectivity index (χ2v) is 7.69. The van der Waals surface area contributed by atoms with Gasteiger partial charge in [-0.15, -0.1) is 0 Å². The number of anilines is 2. The molecule has 0 amide bonds. The van der Waals surface area contributed by atoms with Crippen LogP contribution in [-0.4, -0.2) is 44.4 Å². The molecule has 1 aromatic heterocycles. The van der Waals surface area contributed by atoms with Gasteiger partial charge in [0.15, 0.2) is 0 Å². The molecule has 150 valence electrons. The van der Waals surface area contributed by atoms with E-state index in [0.29, 0.717) is 13.2 Å². The van der Waals surface area contributed by atoms with Crippen LogP contribution in [0.4, 0.5) is 11.5 Å². The molecule has 6 nitrogen and oxygen atoms in total. The van der Waals surface area contributed by atoms with Gasteiger partial charge in [0.1, 0.15) is 11.6 Å². The van der Waals surface area contributed by atoms with Gasteiger partial charge in [-0.1, -0.05) is 12.1 Å². The zero-order valence-electron chi connectivity index (χ0n) is 16.7. The Bertz CT molecular complexity index is 866. The third-order valence-electron chi connectivity index (χ3n) is 5.80. The van der Waals surface area contributed by atoms with Gasteiger partial charge in [0.2, 0.25) is 0 Å². The number of nitrogens with zero attached hydrogens (tertiary/aromatic N) is 2. The van der Waals surface area contributed by atoms with Gasteiger partial charge in [-0.3, -0.25) is 4.79 Å². The Balaban J connectivity index is 1.68. The monoisotopic (exact) mass is 383 g/mol. The summed E-state index contributed by atoms with van der Waals surface area (Å²) in [4.78, 5) is 20.2. The maximum absolute atomic E-state index is 12.5.